The number of aromatic nitrogens is 1. The first-order valence-corrected chi connectivity index (χ1v) is 16.2. The van der Waals surface area contributed by atoms with E-state index in [0.717, 1.165) is 21.3 Å². The highest BCUT2D eigenvalue weighted by Crippen LogP contribution is 2.45. The van der Waals surface area contributed by atoms with Crippen LogP contribution in [0.15, 0.2) is 60.2 Å². The topological polar surface area (TPSA) is 164 Å². The van der Waals surface area contributed by atoms with Gasteiger partial charge in [0.15, 0.2) is 0 Å². The molecule has 3 fully saturated rings. The summed E-state index contributed by atoms with van der Waals surface area (Å²) < 4.78 is 34.1. The minimum atomic E-state index is -3.86. The highest BCUT2D eigenvalue weighted by atomic mass is 79.9. The van der Waals surface area contributed by atoms with Gasteiger partial charge in [0.2, 0.25) is 33.6 Å². The first-order chi connectivity index (χ1) is 20.4. The van der Waals surface area contributed by atoms with Crippen molar-refractivity contribution in [2.45, 2.75) is 61.6 Å². The predicted molar refractivity (Wildman–Crippen MR) is 161 cm³/mol. The van der Waals surface area contributed by atoms with Crippen molar-refractivity contribution < 1.29 is 32.3 Å². The van der Waals surface area contributed by atoms with Crippen molar-refractivity contribution in [3.8, 4) is 5.88 Å². The third-order valence-electron chi connectivity index (χ3n) is 7.98. The van der Waals surface area contributed by atoms with Crippen LogP contribution >= 0.6 is 15.9 Å². The van der Waals surface area contributed by atoms with Crippen molar-refractivity contribution in [3.05, 3.63) is 60.2 Å². The van der Waals surface area contributed by atoms with Gasteiger partial charge in [0.05, 0.1) is 11.8 Å². The van der Waals surface area contributed by atoms with Crippen molar-refractivity contribution in [2.24, 2.45) is 5.92 Å². The van der Waals surface area contributed by atoms with Crippen LogP contribution < -0.4 is 20.1 Å². The number of hydrogen-bond acceptors (Lipinski definition) is 8. The van der Waals surface area contributed by atoms with E-state index in [4.69, 9.17) is 4.74 Å². The summed E-state index contributed by atoms with van der Waals surface area (Å²) in [5.74, 6) is -2.76. The lowest BCUT2D eigenvalue weighted by molar-refractivity contribution is -0.141. The quantitative estimate of drug-likeness (QED) is 0.240. The fourth-order valence-electron chi connectivity index (χ4n) is 5.34. The third kappa shape index (κ3) is 6.30. The van der Waals surface area contributed by atoms with Crippen molar-refractivity contribution in [2.75, 3.05) is 6.54 Å². The Morgan fingerprint density at radius 1 is 1.21 bits per heavy atom. The largest absolute Gasteiger partial charge is 0.472 e. The molecule has 1 aromatic heterocycles. The van der Waals surface area contributed by atoms with Gasteiger partial charge in [0.1, 0.15) is 23.7 Å². The second-order valence-corrected chi connectivity index (χ2v) is 14.0. The maximum absolute atomic E-state index is 13.8. The molecule has 3 N–H and O–H groups in total. The Kier molecular flexibility index (Phi) is 8.36. The molecule has 3 aliphatic rings. The molecule has 0 spiro atoms. The fourth-order valence-corrected chi connectivity index (χ4v) is 7.07. The van der Waals surface area contributed by atoms with E-state index in [1.54, 1.807) is 6.20 Å². The van der Waals surface area contributed by atoms with Crippen LogP contribution in [0, 0.1) is 5.92 Å². The zero-order valence-electron chi connectivity index (χ0n) is 23.4. The maximum atomic E-state index is 13.8. The van der Waals surface area contributed by atoms with Gasteiger partial charge in [-0.3, -0.25) is 23.9 Å². The number of fused-ring (bicyclic) bond motifs is 1. The minimum Gasteiger partial charge on any atom is -0.472 e. The molecular formula is C29H32BrN5O7S. The number of nitrogens with one attached hydrogen (secondary N) is 3. The lowest BCUT2D eigenvalue weighted by Crippen LogP contribution is -2.58. The second kappa shape index (κ2) is 11.7. The van der Waals surface area contributed by atoms with Crippen molar-refractivity contribution in [3.63, 3.8) is 0 Å². The lowest BCUT2D eigenvalue weighted by atomic mass is 10.1. The predicted octanol–water partition coefficient (Wildman–Crippen LogP) is 1.71. The molecule has 4 amide bonds. The van der Waals surface area contributed by atoms with E-state index in [1.165, 1.54) is 17.9 Å². The average Bonchev–Trinajstić information content (AvgIpc) is 3.89. The second-order valence-electron chi connectivity index (χ2n) is 11.1. The summed E-state index contributed by atoms with van der Waals surface area (Å²) in [6.07, 6.45) is 4.62. The molecule has 228 valence electrons. The number of likely N-dealkylation sites (tertiary alicyclic amines) is 1. The lowest BCUT2D eigenvalue weighted by Gasteiger charge is -2.28. The molecule has 5 rings (SSSR count). The zero-order valence-corrected chi connectivity index (χ0v) is 25.8. The molecule has 2 aromatic rings. The molecule has 14 heteroatoms. The Labute approximate surface area is 257 Å². The number of nitrogens with zero attached hydrogens (tertiary/aromatic N) is 2. The standard InChI is InChI=1S/C29H32BrN5O7S/c1-4-18-14-29(18,28(39)34-43(40,41)21-8-9-21)33-25(37)23-13-20(15-35(23)27(38)16(3)32-24(36)5-2)42-26-22-12-19(30)7-6-17(22)10-11-31-26/h4-7,10-12,16,18,20-21,23H,1-2,8-9,13-15H2,3H3,(H,32,36)(H,33,37)(H,34,39). The normalized spacial score (nSPS) is 25.3. The van der Waals surface area contributed by atoms with Gasteiger partial charge >= 0.3 is 0 Å². The Bertz CT molecular complexity index is 1630. The van der Waals surface area contributed by atoms with Gasteiger partial charge in [-0.2, -0.15) is 0 Å². The molecule has 1 aliphatic heterocycles. The number of ether oxygens (including phenoxy) is 1. The summed E-state index contributed by atoms with van der Waals surface area (Å²) in [5.41, 5.74) is -1.51. The van der Waals surface area contributed by atoms with Crippen LogP contribution in [0.4, 0.5) is 0 Å². The number of carbonyl (C=O) groups excluding carboxylic acids is 4. The smallest absolute Gasteiger partial charge is 0.259 e. The van der Waals surface area contributed by atoms with Gasteiger partial charge < -0.3 is 20.3 Å². The number of amides is 4. The van der Waals surface area contributed by atoms with Gasteiger partial charge in [-0.05, 0) is 55.8 Å². The van der Waals surface area contributed by atoms with Crippen LogP contribution in [0.25, 0.3) is 10.8 Å². The van der Waals surface area contributed by atoms with Crippen LogP contribution in [0.5, 0.6) is 5.88 Å². The summed E-state index contributed by atoms with van der Waals surface area (Å²) in [5, 5.41) is 6.23. The van der Waals surface area contributed by atoms with Gasteiger partial charge in [-0.1, -0.05) is 34.7 Å². The third-order valence-corrected chi connectivity index (χ3v) is 10.3. The Morgan fingerprint density at radius 2 is 1.95 bits per heavy atom. The zero-order chi connectivity index (χ0) is 31.1. The van der Waals surface area contributed by atoms with Crippen molar-refractivity contribution >= 4 is 60.4 Å². The summed E-state index contributed by atoms with van der Waals surface area (Å²) in [6, 6.07) is 5.40. The Balaban J connectivity index is 1.39. The van der Waals surface area contributed by atoms with Crippen molar-refractivity contribution in [1.29, 1.82) is 0 Å². The van der Waals surface area contributed by atoms with E-state index in [9.17, 15) is 27.6 Å². The highest BCUT2D eigenvalue weighted by Gasteiger charge is 2.62. The van der Waals surface area contributed by atoms with Gasteiger partial charge in [0.25, 0.3) is 5.91 Å². The molecule has 1 aromatic carbocycles. The van der Waals surface area contributed by atoms with Crippen LogP contribution in [-0.2, 0) is 29.2 Å². The monoisotopic (exact) mass is 673 g/mol. The first-order valence-electron chi connectivity index (χ1n) is 13.8. The van der Waals surface area contributed by atoms with Crippen LogP contribution in [0.2, 0.25) is 0 Å². The summed E-state index contributed by atoms with van der Waals surface area (Å²) >= 11 is 3.46. The van der Waals surface area contributed by atoms with E-state index in [1.807, 2.05) is 24.3 Å². The van der Waals surface area contributed by atoms with E-state index in [-0.39, 0.29) is 19.4 Å². The van der Waals surface area contributed by atoms with Crippen LogP contribution in [-0.4, -0.2) is 77.5 Å². The van der Waals surface area contributed by atoms with Gasteiger partial charge in [-0.25, -0.2) is 13.4 Å². The molecule has 12 nitrogen and oxygen atoms in total. The number of benzene rings is 1. The highest BCUT2D eigenvalue weighted by molar-refractivity contribution is 9.10. The van der Waals surface area contributed by atoms with Crippen molar-refractivity contribution in [1.82, 2.24) is 25.2 Å². The maximum Gasteiger partial charge on any atom is 0.259 e. The molecule has 2 aliphatic carbocycles. The molecule has 5 unspecified atom stereocenters. The SMILES string of the molecule is C=CC(=O)NC(C)C(=O)N1CC(Oc2nccc3ccc(Br)cc23)CC1C(=O)NC1(C(=O)NS(=O)(=O)C2CC2)CC1C=C. The molecule has 2 saturated carbocycles. The average molecular weight is 675 g/mol. The molecule has 0 bridgehead atoms. The number of rotatable bonds is 11. The molecule has 2 heterocycles. The number of pyridine rings is 1. The molecule has 1 saturated heterocycles. The van der Waals surface area contributed by atoms with E-state index in [0.29, 0.717) is 18.7 Å². The Morgan fingerprint density at radius 3 is 2.60 bits per heavy atom. The summed E-state index contributed by atoms with van der Waals surface area (Å²) in [6.45, 7) is 8.61. The fraction of sp³-hybridized carbons (Fsp3) is 0.414. The first kappa shape index (κ1) is 30.7. The molecule has 5 atom stereocenters. The van der Waals surface area contributed by atoms with E-state index in [2.05, 4.69) is 49.4 Å². The Hall–Kier alpha value is -3.78. The van der Waals surface area contributed by atoms with Gasteiger partial charge in [-0.15, -0.1) is 6.58 Å². The molecular weight excluding hydrogens is 642 g/mol. The number of hydrogen-bond donors (Lipinski definition) is 3. The number of carbonyl (C=O) groups is 4. The summed E-state index contributed by atoms with van der Waals surface area (Å²) in [4.78, 5) is 58.1. The van der Waals surface area contributed by atoms with Crippen LogP contribution in [0.1, 0.15) is 32.6 Å². The minimum absolute atomic E-state index is 0.00255. The summed E-state index contributed by atoms with van der Waals surface area (Å²) in [7, 11) is -3.86. The molecule has 0 radical (unpaired) electrons. The van der Waals surface area contributed by atoms with E-state index < -0.39 is 68.5 Å². The number of halogens is 1. The van der Waals surface area contributed by atoms with Gasteiger partial charge in [0, 0.05) is 28.4 Å². The van der Waals surface area contributed by atoms with E-state index >= 15 is 0 Å². The number of sulfonamides is 1. The van der Waals surface area contributed by atoms with Crippen LogP contribution in [0.3, 0.4) is 0 Å². The molecule has 43 heavy (non-hydrogen) atoms.